The minimum atomic E-state index is -1.20. The van der Waals surface area contributed by atoms with E-state index in [4.69, 9.17) is 0 Å². The second kappa shape index (κ2) is 10.6. The molecule has 2 heterocycles. The maximum absolute atomic E-state index is 13.5. The first kappa shape index (κ1) is 25.6. The Morgan fingerprint density at radius 1 is 0.917 bits per heavy atom. The lowest BCUT2D eigenvalue weighted by atomic mass is 9.75. The van der Waals surface area contributed by atoms with Crippen molar-refractivity contribution in [3.05, 3.63) is 60.2 Å². The molecule has 2 aliphatic heterocycles. The summed E-state index contributed by atoms with van der Waals surface area (Å²) < 4.78 is 0. The molecule has 2 saturated heterocycles. The van der Waals surface area contributed by atoms with E-state index in [9.17, 15) is 19.2 Å². The van der Waals surface area contributed by atoms with Crippen LogP contribution in [-0.4, -0.2) is 71.6 Å². The summed E-state index contributed by atoms with van der Waals surface area (Å²) in [6.45, 7) is 6.29. The molecule has 2 fully saturated rings. The molecule has 1 atom stereocenters. The average Bonchev–Trinajstić information content (AvgIpc) is 3.13. The number of carbonyl (C=O) groups excluding carboxylic acids is 4. The summed E-state index contributed by atoms with van der Waals surface area (Å²) in [5, 5.41) is 0. The molecule has 7 nitrogen and oxygen atoms in total. The molecule has 0 saturated carbocycles. The molecule has 0 radical (unpaired) electrons. The molecule has 2 aliphatic rings. The van der Waals surface area contributed by atoms with E-state index >= 15 is 0 Å². The Morgan fingerprint density at radius 2 is 1.50 bits per heavy atom. The van der Waals surface area contributed by atoms with E-state index in [1.54, 1.807) is 4.90 Å². The fourth-order valence-corrected chi connectivity index (χ4v) is 5.50. The molecule has 2 aromatic carbocycles. The zero-order valence-corrected chi connectivity index (χ0v) is 21.4. The molecule has 7 heteroatoms. The zero-order chi connectivity index (χ0) is 25.9. The number of imide groups is 1. The highest BCUT2D eigenvalue weighted by molar-refractivity contribution is 6.10. The van der Waals surface area contributed by atoms with Gasteiger partial charge in [0.1, 0.15) is 0 Å². The summed E-state index contributed by atoms with van der Waals surface area (Å²) in [5.41, 5.74) is 1.55. The van der Waals surface area contributed by atoms with Crippen molar-refractivity contribution in [3.63, 3.8) is 0 Å². The van der Waals surface area contributed by atoms with Crippen LogP contribution >= 0.6 is 0 Å². The van der Waals surface area contributed by atoms with Crippen molar-refractivity contribution < 1.29 is 19.2 Å². The highest BCUT2D eigenvalue weighted by atomic mass is 16.2. The van der Waals surface area contributed by atoms with Gasteiger partial charge in [-0.3, -0.25) is 24.1 Å². The van der Waals surface area contributed by atoms with Crippen molar-refractivity contribution in [2.24, 2.45) is 5.92 Å². The minimum Gasteiger partial charge on any atom is -0.343 e. The Labute approximate surface area is 213 Å². The second-order valence-electron chi connectivity index (χ2n) is 9.80. The number of rotatable bonds is 7. The van der Waals surface area contributed by atoms with Crippen LogP contribution in [0.25, 0.3) is 11.1 Å². The van der Waals surface area contributed by atoms with Gasteiger partial charge in [0, 0.05) is 52.0 Å². The molecule has 4 rings (SSSR count). The summed E-state index contributed by atoms with van der Waals surface area (Å²) >= 11 is 0. The summed E-state index contributed by atoms with van der Waals surface area (Å²) in [5.74, 6) is -0.676. The zero-order valence-electron chi connectivity index (χ0n) is 21.4. The van der Waals surface area contributed by atoms with E-state index in [-0.39, 0.29) is 42.4 Å². The smallest absolute Gasteiger partial charge is 0.240 e. The van der Waals surface area contributed by atoms with Crippen LogP contribution in [0.1, 0.15) is 45.1 Å². The number of nitrogens with zero attached hydrogens (tertiary/aromatic N) is 3. The van der Waals surface area contributed by atoms with Gasteiger partial charge in [-0.2, -0.15) is 0 Å². The molecule has 0 aliphatic carbocycles. The largest absolute Gasteiger partial charge is 0.343 e. The van der Waals surface area contributed by atoms with Crippen molar-refractivity contribution in [1.29, 1.82) is 0 Å². The monoisotopic (exact) mass is 489 g/mol. The van der Waals surface area contributed by atoms with E-state index < -0.39 is 5.41 Å². The van der Waals surface area contributed by atoms with Gasteiger partial charge in [0.25, 0.3) is 0 Å². The predicted octanol–water partition coefficient (Wildman–Crippen LogP) is 3.48. The van der Waals surface area contributed by atoms with Crippen LogP contribution < -0.4 is 0 Å². The highest BCUT2D eigenvalue weighted by Gasteiger charge is 2.53. The normalized spacial score (nSPS) is 20.6. The number of carbonyl (C=O) groups is 4. The van der Waals surface area contributed by atoms with Gasteiger partial charge in [0.15, 0.2) is 0 Å². The van der Waals surface area contributed by atoms with Crippen LogP contribution in [0.15, 0.2) is 54.6 Å². The van der Waals surface area contributed by atoms with E-state index in [2.05, 4.69) is 0 Å². The summed E-state index contributed by atoms with van der Waals surface area (Å²) in [6.07, 6.45) is 1.16. The highest BCUT2D eigenvalue weighted by Crippen LogP contribution is 2.40. The summed E-state index contributed by atoms with van der Waals surface area (Å²) in [4.78, 5) is 56.9. The Hall–Kier alpha value is -3.48. The second-order valence-corrected chi connectivity index (χ2v) is 9.80. The number of benzene rings is 2. The predicted molar refractivity (Wildman–Crippen MR) is 138 cm³/mol. The Morgan fingerprint density at radius 3 is 2.03 bits per heavy atom. The van der Waals surface area contributed by atoms with Gasteiger partial charge in [0.05, 0.1) is 5.41 Å². The Kier molecular flexibility index (Phi) is 7.57. The van der Waals surface area contributed by atoms with Crippen LogP contribution in [0.3, 0.4) is 0 Å². The quantitative estimate of drug-likeness (QED) is 0.558. The maximum atomic E-state index is 13.5. The lowest BCUT2D eigenvalue weighted by Gasteiger charge is -2.35. The summed E-state index contributed by atoms with van der Waals surface area (Å²) in [6, 6.07) is 17.5. The third-order valence-corrected chi connectivity index (χ3v) is 7.81. The SMILES string of the molecule is CCN(CC)C(=O)C1CCN(C(=O)C[C@]2(c3ccc(-c4ccccc4)cc3)CC(=O)N(C)C2=O)CC1. The number of hydrogen-bond acceptors (Lipinski definition) is 4. The molecular weight excluding hydrogens is 454 g/mol. The van der Waals surface area contributed by atoms with Crippen molar-refractivity contribution in [2.75, 3.05) is 33.2 Å². The average molecular weight is 490 g/mol. The first-order valence-corrected chi connectivity index (χ1v) is 12.8. The Bertz CT molecular complexity index is 1120. The molecule has 36 heavy (non-hydrogen) atoms. The van der Waals surface area contributed by atoms with Crippen molar-refractivity contribution in [2.45, 2.75) is 44.9 Å². The third kappa shape index (κ3) is 4.79. The standard InChI is InChI=1S/C29H35N3O4/c1-4-31(5-2)27(35)23-15-17-32(18-16-23)26(34)20-29(19-25(33)30(3)28(29)36)24-13-11-22(12-14-24)21-9-7-6-8-10-21/h6-14,23H,4-5,15-20H2,1-3H3/t29-/m0/s1. The molecular formula is C29H35N3O4. The van der Waals surface area contributed by atoms with E-state index in [1.165, 1.54) is 7.05 Å². The third-order valence-electron chi connectivity index (χ3n) is 7.81. The lowest BCUT2D eigenvalue weighted by molar-refractivity contribution is -0.143. The number of hydrogen-bond donors (Lipinski definition) is 0. The van der Waals surface area contributed by atoms with Crippen LogP contribution in [0.5, 0.6) is 0 Å². The minimum absolute atomic E-state index is 0.0182. The topological polar surface area (TPSA) is 78.0 Å². The molecule has 0 aromatic heterocycles. The fourth-order valence-electron chi connectivity index (χ4n) is 5.50. The van der Waals surface area contributed by atoms with Crippen molar-refractivity contribution >= 4 is 23.6 Å². The number of piperidine rings is 1. The first-order chi connectivity index (χ1) is 17.3. The van der Waals surface area contributed by atoms with Crippen LogP contribution in [0.2, 0.25) is 0 Å². The molecule has 0 bridgehead atoms. The van der Waals surface area contributed by atoms with Gasteiger partial charge >= 0.3 is 0 Å². The lowest BCUT2D eigenvalue weighted by Crippen LogP contribution is -2.47. The number of amides is 4. The van der Waals surface area contributed by atoms with Crippen LogP contribution in [0, 0.1) is 5.92 Å². The van der Waals surface area contributed by atoms with E-state index in [1.807, 2.05) is 73.3 Å². The molecule has 4 amide bonds. The maximum Gasteiger partial charge on any atom is 0.240 e. The van der Waals surface area contributed by atoms with Gasteiger partial charge in [-0.1, -0.05) is 54.6 Å². The summed E-state index contributed by atoms with van der Waals surface area (Å²) in [7, 11) is 1.49. The van der Waals surface area contributed by atoms with Gasteiger partial charge in [-0.05, 0) is 43.4 Å². The van der Waals surface area contributed by atoms with Crippen molar-refractivity contribution in [3.8, 4) is 11.1 Å². The van der Waals surface area contributed by atoms with E-state index in [0.29, 0.717) is 44.6 Å². The van der Waals surface area contributed by atoms with Gasteiger partial charge in [0.2, 0.25) is 23.6 Å². The Balaban J connectivity index is 1.52. The molecule has 2 aromatic rings. The van der Waals surface area contributed by atoms with Crippen LogP contribution in [-0.2, 0) is 24.6 Å². The van der Waals surface area contributed by atoms with Gasteiger partial charge < -0.3 is 9.80 Å². The number of likely N-dealkylation sites (N-methyl/N-ethyl adjacent to an activating group) is 1. The molecule has 0 spiro atoms. The molecule has 0 N–H and O–H groups in total. The van der Waals surface area contributed by atoms with Gasteiger partial charge in [-0.25, -0.2) is 0 Å². The first-order valence-electron chi connectivity index (χ1n) is 12.8. The van der Waals surface area contributed by atoms with E-state index in [0.717, 1.165) is 16.0 Å². The molecule has 0 unspecified atom stereocenters. The molecule has 190 valence electrons. The van der Waals surface area contributed by atoms with Crippen molar-refractivity contribution in [1.82, 2.24) is 14.7 Å². The van der Waals surface area contributed by atoms with Gasteiger partial charge in [-0.15, -0.1) is 0 Å². The fraction of sp³-hybridized carbons (Fsp3) is 0.448. The van der Waals surface area contributed by atoms with Crippen LogP contribution in [0.4, 0.5) is 0 Å². The number of likely N-dealkylation sites (tertiary alicyclic amines) is 2.